The summed E-state index contributed by atoms with van der Waals surface area (Å²) in [6.45, 7) is 6.66. The summed E-state index contributed by atoms with van der Waals surface area (Å²) in [5.74, 6) is 0.140. The van der Waals surface area contributed by atoms with Crippen LogP contribution in [0.15, 0.2) is 144 Å². The van der Waals surface area contributed by atoms with Crippen molar-refractivity contribution in [2.75, 3.05) is 0 Å². The SMILES string of the molecule is CC(C)(C)c1cc(-c2cc(-c3ccccc3)ccn2)[c-]c(-c2ccc3c4ccccc4c4c(c(O)cc5oc6ccc7ccccc7c6c54)c3n2)c1.[Pt]. The van der Waals surface area contributed by atoms with E-state index in [1.54, 1.807) is 6.07 Å². The Morgan fingerprint density at radius 2 is 1.28 bits per heavy atom. The fourth-order valence-corrected chi connectivity index (χ4v) is 7.82. The summed E-state index contributed by atoms with van der Waals surface area (Å²) < 4.78 is 6.45. The van der Waals surface area contributed by atoms with Gasteiger partial charge in [-0.25, -0.2) is 0 Å². The maximum Gasteiger partial charge on any atom is 0.139 e. The van der Waals surface area contributed by atoms with Crippen molar-refractivity contribution in [1.29, 1.82) is 0 Å². The van der Waals surface area contributed by atoms with Crippen molar-refractivity contribution < 1.29 is 30.6 Å². The van der Waals surface area contributed by atoms with Crippen molar-refractivity contribution in [2.24, 2.45) is 0 Å². The van der Waals surface area contributed by atoms with Crippen molar-refractivity contribution in [3.63, 3.8) is 0 Å². The number of pyridine rings is 2. The Bertz CT molecular complexity index is 3070. The number of phenolic OH excluding ortho intramolecular Hbond substituents is 1. The predicted octanol–water partition coefficient (Wildman–Crippen LogP) is 12.8. The summed E-state index contributed by atoms with van der Waals surface area (Å²) in [6, 6.07) is 49.5. The molecule has 3 aromatic heterocycles. The third-order valence-corrected chi connectivity index (χ3v) is 10.4. The molecule has 0 radical (unpaired) electrons. The molecule has 0 atom stereocenters. The number of benzene rings is 7. The van der Waals surface area contributed by atoms with E-state index in [9.17, 15) is 5.11 Å². The quantitative estimate of drug-likeness (QED) is 0.142. The summed E-state index contributed by atoms with van der Waals surface area (Å²) in [5.41, 5.74) is 8.86. The number of furan rings is 1. The molecule has 0 bridgehead atoms. The van der Waals surface area contributed by atoms with Crippen molar-refractivity contribution in [3.05, 3.63) is 151 Å². The van der Waals surface area contributed by atoms with Crippen LogP contribution < -0.4 is 0 Å². The summed E-state index contributed by atoms with van der Waals surface area (Å²) in [5, 5.41) is 20.9. The van der Waals surface area contributed by atoms with Crippen LogP contribution >= 0.6 is 0 Å². The van der Waals surface area contributed by atoms with Crippen molar-refractivity contribution in [1.82, 2.24) is 9.97 Å². The Morgan fingerprint density at radius 3 is 2.08 bits per heavy atom. The van der Waals surface area contributed by atoms with Crippen LogP contribution in [-0.2, 0) is 26.5 Å². The minimum atomic E-state index is -0.135. The normalized spacial score (nSPS) is 12.0. The van der Waals surface area contributed by atoms with Crippen LogP contribution in [0.3, 0.4) is 0 Å². The standard InChI is InChI=1S/C48H33N2O2.Pt/c1-48(2,3)33-24-31(23-32(25-33)39-26-30(21-22-49-39)28-11-5-4-6-12-28)38-19-18-37-35-15-9-10-16-36(35)44-45(47(37)50-38)40(51)27-42-46(44)43-34-14-8-7-13-29(34)17-20-41(43)52-42;/h4-22,24-27,51H,1-3H3;/q-1;. The molecule has 0 saturated carbocycles. The molecule has 0 unspecified atom stereocenters. The molecular formula is C48H33N2O2Pt-. The van der Waals surface area contributed by atoms with Crippen LogP contribution in [0.4, 0.5) is 0 Å². The number of aromatic hydroxyl groups is 1. The average molecular weight is 865 g/mol. The van der Waals surface area contributed by atoms with Crippen LogP contribution in [-0.4, -0.2) is 15.1 Å². The Labute approximate surface area is 321 Å². The van der Waals surface area contributed by atoms with Gasteiger partial charge in [-0.05, 0) is 50.2 Å². The third-order valence-electron chi connectivity index (χ3n) is 10.4. The van der Waals surface area contributed by atoms with E-state index in [0.29, 0.717) is 11.0 Å². The zero-order valence-corrected chi connectivity index (χ0v) is 31.6. The van der Waals surface area contributed by atoms with Gasteiger partial charge >= 0.3 is 0 Å². The van der Waals surface area contributed by atoms with Gasteiger partial charge in [0.15, 0.2) is 0 Å². The first-order valence-electron chi connectivity index (χ1n) is 17.6. The number of hydrogen-bond acceptors (Lipinski definition) is 4. The molecule has 0 saturated heterocycles. The maximum absolute atomic E-state index is 11.9. The monoisotopic (exact) mass is 864 g/mol. The second-order valence-corrected chi connectivity index (χ2v) is 14.7. The number of fused-ring (bicyclic) bond motifs is 12. The van der Waals surface area contributed by atoms with Crippen molar-refractivity contribution >= 4 is 65.2 Å². The largest absolute Gasteiger partial charge is 0.507 e. The molecule has 10 aromatic rings. The van der Waals surface area contributed by atoms with E-state index in [4.69, 9.17) is 14.4 Å². The van der Waals surface area contributed by atoms with Crippen LogP contribution in [0.2, 0.25) is 0 Å². The van der Waals surface area contributed by atoms with E-state index < -0.39 is 0 Å². The molecule has 0 amide bonds. The van der Waals surface area contributed by atoms with E-state index in [1.165, 1.54) is 0 Å². The molecule has 3 heterocycles. The van der Waals surface area contributed by atoms with Crippen LogP contribution in [0, 0.1) is 6.07 Å². The minimum Gasteiger partial charge on any atom is -0.507 e. The van der Waals surface area contributed by atoms with Gasteiger partial charge < -0.3 is 9.52 Å². The van der Waals surface area contributed by atoms with Crippen LogP contribution in [0.25, 0.3) is 98.8 Å². The van der Waals surface area contributed by atoms with E-state index in [1.807, 2.05) is 24.4 Å². The minimum absolute atomic E-state index is 0. The van der Waals surface area contributed by atoms with E-state index in [0.717, 1.165) is 93.4 Å². The number of aromatic nitrogens is 2. The molecule has 10 rings (SSSR count). The zero-order chi connectivity index (χ0) is 35.1. The molecule has 0 aliphatic rings. The topological polar surface area (TPSA) is 59.2 Å². The molecular weight excluding hydrogens is 832 g/mol. The molecule has 0 spiro atoms. The van der Waals surface area contributed by atoms with Gasteiger partial charge in [-0.15, -0.1) is 23.8 Å². The first-order chi connectivity index (χ1) is 25.3. The van der Waals surface area contributed by atoms with Gasteiger partial charge in [0.05, 0.1) is 10.9 Å². The van der Waals surface area contributed by atoms with Gasteiger partial charge in [-0.2, -0.15) is 0 Å². The summed E-state index contributed by atoms with van der Waals surface area (Å²) in [7, 11) is 0. The van der Waals surface area contributed by atoms with Crippen LogP contribution in [0.5, 0.6) is 5.75 Å². The molecule has 1 N–H and O–H groups in total. The fraction of sp³-hybridized carbons (Fsp3) is 0.0833. The van der Waals surface area contributed by atoms with E-state index >= 15 is 0 Å². The number of nitrogens with zero attached hydrogens (tertiary/aromatic N) is 2. The Balaban J connectivity index is 0.00000372. The Hall–Kier alpha value is -5.83. The summed E-state index contributed by atoms with van der Waals surface area (Å²) in [4.78, 5) is 10.2. The van der Waals surface area contributed by atoms with E-state index in [2.05, 4.69) is 136 Å². The Morgan fingerprint density at radius 1 is 0.566 bits per heavy atom. The molecule has 5 heteroatoms. The number of phenols is 1. The van der Waals surface area contributed by atoms with Gasteiger partial charge in [-0.1, -0.05) is 135 Å². The molecule has 4 nitrogen and oxygen atoms in total. The molecule has 0 aliphatic carbocycles. The van der Waals surface area contributed by atoms with Crippen LogP contribution in [0.1, 0.15) is 26.3 Å². The molecule has 0 fully saturated rings. The van der Waals surface area contributed by atoms with Gasteiger partial charge in [-0.3, -0.25) is 9.97 Å². The predicted molar refractivity (Wildman–Crippen MR) is 215 cm³/mol. The fourth-order valence-electron chi connectivity index (χ4n) is 7.82. The number of rotatable bonds is 3. The molecule has 0 aliphatic heterocycles. The zero-order valence-electron chi connectivity index (χ0n) is 29.3. The summed E-state index contributed by atoms with van der Waals surface area (Å²) in [6.07, 6.45) is 1.87. The number of hydrogen-bond donors (Lipinski definition) is 1. The molecule has 258 valence electrons. The van der Waals surface area contributed by atoms with Gasteiger partial charge in [0.1, 0.15) is 16.9 Å². The Kier molecular flexibility index (Phi) is 7.73. The van der Waals surface area contributed by atoms with E-state index in [-0.39, 0.29) is 32.2 Å². The van der Waals surface area contributed by atoms with Gasteiger partial charge in [0.2, 0.25) is 0 Å². The second kappa shape index (κ2) is 12.4. The van der Waals surface area contributed by atoms with Gasteiger partial charge in [0.25, 0.3) is 0 Å². The smallest absolute Gasteiger partial charge is 0.139 e. The molecule has 7 aromatic carbocycles. The summed E-state index contributed by atoms with van der Waals surface area (Å²) >= 11 is 0. The first kappa shape index (κ1) is 33.0. The van der Waals surface area contributed by atoms with Crippen molar-refractivity contribution in [2.45, 2.75) is 26.2 Å². The first-order valence-corrected chi connectivity index (χ1v) is 17.6. The average Bonchev–Trinajstić information content (AvgIpc) is 3.56. The third kappa shape index (κ3) is 5.32. The molecule has 53 heavy (non-hydrogen) atoms. The van der Waals surface area contributed by atoms with Crippen molar-refractivity contribution in [3.8, 4) is 39.4 Å². The van der Waals surface area contributed by atoms with Gasteiger partial charge in [0, 0.05) is 66.3 Å². The second-order valence-electron chi connectivity index (χ2n) is 14.7. The maximum atomic E-state index is 11.9.